The lowest BCUT2D eigenvalue weighted by Crippen LogP contribution is -2.20. The lowest BCUT2D eigenvalue weighted by molar-refractivity contribution is 0.0973. The highest BCUT2D eigenvalue weighted by molar-refractivity contribution is 6.26. The molecular formula is C56H82O2. The lowest BCUT2D eigenvalue weighted by Gasteiger charge is -2.18. The van der Waals surface area contributed by atoms with Crippen molar-refractivity contribution in [2.24, 2.45) is 5.92 Å². The number of benzene rings is 1. The van der Waals surface area contributed by atoms with Gasteiger partial charge in [-0.25, -0.2) is 0 Å². The molecule has 0 amide bonds. The molecule has 0 radical (unpaired) electrons. The summed E-state index contributed by atoms with van der Waals surface area (Å²) in [6.45, 7) is 24.5. The van der Waals surface area contributed by atoms with Crippen LogP contribution in [0.4, 0.5) is 0 Å². The molecule has 0 aromatic heterocycles. The average Bonchev–Trinajstić information content (AvgIpc) is 3.19. The Morgan fingerprint density at radius 2 is 0.862 bits per heavy atom. The molecule has 58 heavy (non-hydrogen) atoms. The Balaban J connectivity index is 1.59. The quantitative estimate of drug-likeness (QED) is 0.0833. The number of carbonyl (C=O) groups excluding carboxylic acids is 2. The highest BCUT2D eigenvalue weighted by atomic mass is 16.1. The van der Waals surface area contributed by atoms with E-state index >= 15 is 0 Å². The van der Waals surface area contributed by atoms with Gasteiger partial charge in [0.05, 0.1) is 0 Å². The third-order valence-electron chi connectivity index (χ3n) is 12.0. The minimum atomic E-state index is -0.0154. The second-order valence-electron chi connectivity index (χ2n) is 17.7. The largest absolute Gasteiger partial charge is 0.289 e. The Kier molecular flexibility index (Phi) is 24.8. The molecule has 2 nitrogen and oxygen atoms in total. The monoisotopic (exact) mass is 787 g/mol. The fourth-order valence-corrected chi connectivity index (χ4v) is 7.46. The first kappa shape index (κ1) is 50.4. The summed E-state index contributed by atoms with van der Waals surface area (Å²) >= 11 is 0. The van der Waals surface area contributed by atoms with Gasteiger partial charge in [-0.1, -0.05) is 138 Å². The molecule has 0 aliphatic heterocycles. The highest BCUT2D eigenvalue weighted by Crippen LogP contribution is 2.29. The summed E-state index contributed by atoms with van der Waals surface area (Å²) in [7, 11) is 0. The number of hydrogen-bond donors (Lipinski definition) is 0. The predicted octanol–water partition coefficient (Wildman–Crippen LogP) is 17.6. The van der Waals surface area contributed by atoms with E-state index in [1.54, 1.807) is 19.1 Å². The first-order chi connectivity index (χ1) is 27.7. The zero-order valence-corrected chi connectivity index (χ0v) is 39.0. The molecule has 0 heterocycles. The SMILES string of the molecule is CC/C(C)=C/CC/C(C)=C/CC/C(C)=C\CC/C(C)=C/CC/C(C)=C/CC/C(C)=C/CC/C(C)=C/C[C@H](C)CCC/C(C)=C/CC1=C(C)C(=O)c2ccccc2C1=O. The van der Waals surface area contributed by atoms with E-state index < -0.39 is 0 Å². The molecule has 1 aromatic rings. The molecule has 0 saturated heterocycles. The maximum absolute atomic E-state index is 13.1. The van der Waals surface area contributed by atoms with E-state index in [2.05, 4.69) is 118 Å². The molecule has 1 atom stereocenters. The zero-order valence-electron chi connectivity index (χ0n) is 39.0. The highest BCUT2D eigenvalue weighted by Gasteiger charge is 2.28. The second kappa shape index (κ2) is 28.6. The topological polar surface area (TPSA) is 34.1 Å². The van der Waals surface area contributed by atoms with Crippen LogP contribution in [0.2, 0.25) is 0 Å². The first-order valence-electron chi connectivity index (χ1n) is 22.8. The van der Waals surface area contributed by atoms with Crippen molar-refractivity contribution in [1.29, 1.82) is 0 Å². The molecule has 0 bridgehead atoms. The van der Waals surface area contributed by atoms with Crippen molar-refractivity contribution in [2.75, 3.05) is 0 Å². The summed E-state index contributed by atoms with van der Waals surface area (Å²) in [6, 6.07) is 7.18. The van der Waals surface area contributed by atoms with Gasteiger partial charge in [0.1, 0.15) is 0 Å². The van der Waals surface area contributed by atoms with Crippen LogP contribution in [0.3, 0.4) is 0 Å². The standard InChI is InChI=1S/C56H82O2/c1-12-42(2)22-15-23-43(3)24-16-25-44(4)26-17-27-45(5)28-18-29-46(6)30-19-31-47(7)32-20-33-48(8)38-39-49(9)34-21-35-50(10)40-41-52-51(11)55(57)53-36-13-14-37-54(53)56(52)58/h13-14,22,24,26,28,30,32,36-38,40,49H,12,15-21,23,25,27,29,31,33-35,39,41H2,1-11H3/b42-22+,43-24+,44-26-,45-28+,46-30+,47-32+,48-38+,50-40+/t49-/m1/s1. The summed E-state index contributed by atoms with van der Waals surface area (Å²) in [5, 5.41) is 0. The number of allylic oxidation sites excluding steroid dienone is 18. The fraction of sp³-hybridized carbons (Fsp3) is 0.536. The van der Waals surface area contributed by atoms with Gasteiger partial charge in [-0.05, 0) is 177 Å². The van der Waals surface area contributed by atoms with Gasteiger partial charge in [0.2, 0.25) is 0 Å². The van der Waals surface area contributed by atoms with Gasteiger partial charge in [0, 0.05) is 22.3 Å². The van der Waals surface area contributed by atoms with Crippen LogP contribution in [0, 0.1) is 5.92 Å². The fourth-order valence-electron chi connectivity index (χ4n) is 7.46. The summed E-state index contributed by atoms with van der Waals surface area (Å²) in [6.07, 6.45) is 39.3. The van der Waals surface area contributed by atoms with E-state index in [-0.39, 0.29) is 11.6 Å². The number of hydrogen-bond acceptors (Lipinski definition) is 2. The van der Waals surface area contributed by atoms with Crippen LogP contribution in [0.1, 0.15) is 212 Å². The van der Waals surface area contributed by atoms with Gasteiger partial charge in [-0.2, -0.15) is 0 Å². The molecular weight excluding hydrogens is 705 g/mol. The van der Waals surface area contributed by atoms with Crippen LogP contribution < -0.4 is 0 Å². The minimum Gasteiger partial charge on any atom is -0.289 e. The maximum Gasteiger partial charge on any atom is 0.190 e. The number of Topliss-reactive ketones (excluding diaryl/α,β-unsaturated/α-hetero) is 2. The van der Waals surface area contributed by atoms with Crippen LogP contribution in [0.5, 0.6) is 0 Å². The number of rotatable bonds is 27. The van der Waals surface area contributed by atoms with Gasteiger partial charge in [0.15, 0.2) is 11.6 Å². The van der Waals surface area contributed by atoms with Crippen molar-refractivity contribution >= 4 is 11.6 Å². The molecule has 0 spiro atoms. The van der Waals surface area contributed by atoms with Crippen LogP contribution in [0.25, 0.3) is 0 Å². The third-order valence-corrected chi connectivity index (χ3v) is 12.0. The smallest absolute Gasteiger partial charge is 0.190 e. The molecule has 1 aliphatic carbocycles. The van der Waals surface area contributed by atoms with E-state index in [0.29, 0.717) is 34.6 Å². The van der Waals surface area contributed by atoms with E-state index in [0.717, 1.165) is 77.0 Å². The van der Waals surface area contributed by atoms with Crippen LogP contribution in [-0.4, -0.2) is 11.6 Å². The van der Waals surface area contributed by atoms with E-state index in [1.165, 1.54) is 76.7 Å². The summed E-state index contributed by atoms with van der Waals surface area (Å²) in [4.78, 5) is 25.8. The Hall–Kier alpha value is -3.78. The average molecular weight is 787 g/mol. The number of ketones is 2. The number of fused-ring (bicyclic) bond motifs is 1. The zero-order chi connectivity index (χ0) is 42.9. The first-order valence-corrected chi connectivity index (χ1v) is 22.8. The molecule has 0 saturated carbocycles. The van der Waals surface area contributed by atoms with Crippen molar-refractivity contribution in [3.63, 3.8) is 0 Å². The van der Waals surface area contributed by atoms with Gasteiger partial charge < -0.3 is 0 Å². The summed E-state index contributed by atoms with van der Waals surface area (Å²) in [5.41, 5.74) is 14.2. The van der Waals surface area contributed by atoms with Crippen molar-refractivity contribution in [1.82, 2.24) is 0 Å². The van der Waals surface area contributed by atoms with Crippen molar-refractivity contribution in [3.8, 4) is 0 Å². The van der Waals surface area contributed by atoms with Crippen molar-refractivity contribution in [2.45, 2.75) is 192 Å². The summed E-state index contributed by atoms with van der Waals surface area (Å²) in [5.74, 6) is 0.638. The molecule has 0 unspecified atom stereocenters. The van der Waals surface area contributed by atoms with Gasteiger partial charge in [-0.3, -0.25) is 9.59 Å². The van der Waals surface area contributed by atoms with Crippen LogP contribution >= 0.6 is 0 Å². The van der Waals surface area contributed by atoms with Crippen molar-refractivity contribution < 1.29 is 9.59 Å². The van der Waals surface area contributed by atoms with Crippen LogP contribution in [-0.2, 0) is 0 Å². The Morgan fingerprint density at radius 1 is 0.500 bits per heavy atom. The van der Waals surface area contributed by atoms with Crippen molar-refractivity contribution in [3.05, 3.63) is 140 Å². The Bertz CT molecular complexity index is 1750. The van der Waals surface area contributed by atoms with E-state index in [4.69, 9.17) is 0 Å². The van der Waals surface area contributed by atoms with E-state index in [9.17, 15) is 9.59 Å². The normalized spacial score (nSPS) is 16.1. The minimum absolute atomic E-state index is 0.00115. The Labute approximate surface area is 357 Å². The second-order valence-corrected chi connectivity index (χ2v) is 17.7. The molecule has 0 N–H and O–H groups in total. The van der Waals surface area contributed by atoms with Gasteiger partial charge >= 0.3 is 0 Å². The molecule has 318 valence electrons. The van der Waals surface area contributed by atoms with Gasteiger partial charge in [-0.15, -0.1) is 0 Å². The Morgan fingerprint density at radius 3 is 1.28 bits per heavy atom. The molecule has 2 heteroatoms. The maximum atomic E-state index is 13.1. The lowest BCUT2D eigenvalue weighted by atomic mass is 9.83. The predicted molar refractivity (Wildman–Crippen MR) is 256 cm³/mol. The van der Waals surface area contributed by atoms with E-state index in [1.807, 2.05) is 12.1 Å². The summed E-state index contributed by atoms with van der Waals surface area (Å²) < 4.78 is 0. The molecule has 1 aromatic carbocycles. The molecule has 1 aliphatic rings. The molecule has 2 rings (SSSR count). The molecule has 0 fully saturated rings. The van der Waals surface area contributed by atoms with Crippen LogP contribution in [0.15, 0.2) is 129 Å². The number of carbonyl (C=O) groups is 2. The third kappa shape index (κ3) is 20.8. The van der Waals surface area contributed by atoms with Gasteiger partial charge in [0.25, 0.3) is 0 Å².